The van der Waals surface area contributed by atoms with Crippen LogP contribution in [-0.2, 0) is 14.4 Å². The summed E-state index contributed by atoms with van der Waals surface area (Å²) in [5, 5.41) is 5.12. The molecular weight excluding hydrogens is 282 g/mol. The lowest BCUT2D eigenvalue weighted by Gasteiger charge is -2.15. The Balaban J connectivity index is 1.68. The molecule has 0 radical (unpaired) electrons. The highest BCUT2D eigenvalue weighted by Crippen LogP contribution is 2.10. The van der Waals surface area contributed by atoms with Crippen LogP contribution >= 0.6 is 0 Å². The summed E-state index contributed by atoms with van der Waals surface area (Å²) >= 11 is 0. The quantitative estimate of drug-likeness (QED) is 0.631. The maximum Gasteiger partial charge on any atom is 0.313 e. The van der Waals surface area contributed by atoms with Crippen molar-refractivity contribution in [2.45, 2.75) is 26.2 Å². The van der Waals surface area contributed by atoms with Gasteiger partial charge in [0.05, 0.1) is 0 Å². The van der Waals surface area contributed by atoms with Crippen molar-refractivity contribution in [3.05, 3.63) is 29.8 Å². The average molecular weight is 303 g/mol. The summed E-state index contributed by atoms with van der Waals surface area (Å²) in [5.74, 6) is -1.17. The molecule has 0 unspecified atom stereocenters. The Kier molecular flexibility index (Phi) is 5.52. The van der Waals surface area contributed by atoms with Gasteiger partial charge in [-0.1, -0.05) is 12.1 Å². The summed E-state index contributed by atoms with van der Waals surface area (Å²) in [4.78, 5) is 36.6. The summed E-state index contributed by atoms with van der Waals surface area (Å²) in [5.41, 5.74) is 1.61. The molecular formula is C16H21N3O3. The number of carbonyl (C=O) groups excluding carboxylic acids is 3. The zero-order valence-corrected chi connectivity index (χ0v) is 12.7. The molecule has 0 aliphatic carbocycles. The molecule has 1 aromatic carbocycles. The molecule has 0 atom stereocenters. The van der Waals surface area contributed by atoms with Gasteiger partial charge in [-0.05, 0) is 37.5 Å². The van der Waals surface area contributed by atoms with Crippen molar-refractivity contribution < 1.29 is 14.4 Å². The summed E-state index contributed by atoms with van der Waals surface area (Å²) in [6, 6.07) is 7.26. The van der Waals surface area contributed by atoms with Crippen LogP contribution in [0.2, 0.25) is 0 Å². The Morgan fingerprint density at radius 2 is 2.09 bits per heavy atom. The minimum Gasteiger partial charge on any atom is -0.348 e. The van der Waals surface area contributed by atoms with Gasteiger partial charge in [-0.2, -0.15) is 0 Å². The number of hydrogen-bond donors (Lipinski definition) is 2. The van der Waals surface area contributed by atoms with Crippen molar-refractivity contribution >= 4 is 23.4 Å². The van der Waals surface area contributed by atoms with Crippen molar-refractivity contribution in [1.82, 2.24) is 10.2 Å². The molecule has 1 aromatic rings. The van der Waals surface area contributed by atoms with Gasteiger partial charge < -0.3 is 15.5 Å². The molecule has 1 heterocycles. The molecule has 6 nitrogen and oxygen atoms in total. The molecule has 1 saturated heterocycles. The maximum absolute atomic E-state index is 11.7. The second kappa shape index (κ2) is 7.59. The fourth-order valence-electron chi connectivity index (χ4n) is 2.40. The zero-order chi connectivity index (χ0) is 15.9. The zero-order valence-electron chi connectivity index (χ0n) is 12.7. The van der Waals surface area contributed by atoms with Crippen LogP contribution in [0.15, 0.2) is 24.3 Å². The molecule has 1 aliphatic heterocycles. The van der Waals surface area contributed by atoms with Gasteiger partial charge in [0.25, 0.3) is 0 Å². The second-order valence-electron chi connectivity index (χ2n) is 5.42. The Morgan fingerprint density at radius 3 is 2.77 bits per heavy atom. The summed E-state index contributed by atoms with van der Waals surface area (Å²) in [6.45, 7) is 3.71. The van der Waals surface area contributed by atoms with Crippen LogP contribution in [0.4, 0.5) is 5.69 Å². The van der Waals surface area contributed by atoms with E-state index in [9.17, 15) is 14.4 Å². The Bertz CT molecular complexity index is 572. The van der Waals surface area contributed by atoms with Crippen molar-refractivity contribution in [2.24, 2.45) is 0 Å². The van der Waals surface area contributed by atoms with Gasteiger partial charge >= 0.3 is 11.8 Å². The number of aryl methyl sites for hydroxylation is 1. The van der Waals surface area contributed by atoms with E-state index in [4.69, 9.17) is 0 Å². The third kappa shape index (κ3) is 4.58. The van der Waals surface area contributed by atoms with E-state index in [1.807, 2.05) is 19.1 Å². The number of hydrogen-bond acceptors (Lipinski definition) is 3. The number of likely N-dealkylation sites (tertiary alicyclic amines) is 1. The predicted octanol–water partition coefficient (Wildman–Crippen LogP) is 1.06. The Morgan fingerprint density at radius 1 is 1.27 bits per heavy atom. The minimum atomic E-state index is -0.678. The molecule has 0 aromatic heterocycles. The van der Waals surface area contributed by atoms with E-state index in [0.717, 1.165) is 18.5 Å². The first-order valence-electron chi connectivity index (χ1n) is 7.50. The third-order valence-electron chi connectivity index (χ3n) is 3.54. The number of rotatable bonds is 5. The van der Waals surface area contributed by atoms with Crippen LogP contribution in [0.25, 0.3) is 0 Å². The van der Waals surface area contributed by atoms with Crippen LogP contribution < -0.4 is 10.6 Å². The molecule has 1 fully saturated rings. The van der Waals surface area contributed by atoms with E-state index < -0.39 is 11.8 Å². The maximum atomic E-state index is 11.7. The van der Waals surface area contributed by atoms with Crippen LogP contribution in [0.5, 0.6) is 0 Å². The molecule has 3 amide bonds. The number of nitrogens with zero attached hydrogens (tertiary/aromatic N) is 1. The van der Waals surface area contributed by atoms with Crippen molar-refractivity contribution in [3.63, 3.8) is 0 Å². The van der Waals surface area contributed by atoms with Crippen LogP contribution in [-0.4, -0.2) is 42.3 Å². The largest absolute Gasteiger partial charge is 0.348 e. The Labute approximate surface area is 129 Å². The van der Waals surface area contributed by atoms with Crippen LogP contribution in [0.3, 0.4) is 0 Å². The number of carbonyl (C=O) groups is 3. The van der Waals surface area contributed by atoms with Crippen LogP contribution in [0, 0.1) is 6.92 Å². The highest BCUT2D eigenvalue weighted by Gasteiger charge is 2.19. The first-order valence-corrected chi connectivity index (χ1v) is 7.50. The number of anilines is 1. The van der Waals surface area contributed by atoms with Gasteiger partial charge in [0, 0.05) is 31.7 Å². The van der Waals surface area contributed by atoms with Crippen molar-refractivity contribution in [1.29, 1.82) is 0 Å². The lowest BCUT2D eigenvalue weighted by Crippen LogP contribution is -2.37. The fourth-order valence-corrected chi connectivity index (χ4v) is 2.40. The number of amides is 3. The summed E-state index contributed by atoms with van der Waals surface area (Å²) < 4.78 is 0. The summed E-state index contributed by atoms with van der Waals surface area (Å²) in [7, 11) is 0. The summed E-state index contributed by atoms with van der Waals surface area (Å²) in [6.07, 6.45) is 2.17. The minimum absolute atomic E-state index is 0.170. The van der Waals surface area contributed by atoms with Gasteiger partial charge in [0.1, 0.15) is 0 Å². The monoisotopic (exact) mass is 303 g/mol. The highest BCUT2D eigenvalue weighted by atomic mass is 16.2. The average Bonchev–Trinajstić information content (AvgIpc) is 2.88. The van der Waals surface area contributed by atoms with Gasteiger partial charge in [-0.3, -0.25) is 14.4 Å². The lowest BCUT2D eigenvalue weighted by molar-refractivity contribution is -0.136. The number of nitrogens with one attached hydrogen (secondary N) is 2. The van der Waals surface area contributed by atoms with E-state index in [0.29, 0.717) is 31.6 Å². The second-order valence-corrected chi connectivity index (χ2v) is 5.42. The Hall–Kier alpha value is -2.37. The molecule has 2 rings (SSSR count). The first kappa shape index (κ1) is 16.0. The van der Waals surface area contributed by atoms with E-state index >= 15 is 0 Å². The first-order chi connectivity index (χ1) is 10.6. The van der Waals surface area contributed by atoms with Crippen molar-refractivity contribution in [3.8, 4) is 0 Å². The van der Waals surface area contributed by atoms with Crippen molar-refractivity contribution in [2.75, 3.05) is 25.0 Å². The van der Waals surface area contributed by atoms with Gasteiger partial charge in [-0.25, -0.2) is 0 Å². The third-order valence-corrected chi connectivity index (χ3v) is 3.54. The molecule has 0 bridgehead atoms. The van der Waals surface area contributed by atoms with Gasteiger partial charge in [0.2, 0.25) is 5.91 Å². The molecule has 118 valence electrons. The standard InChI is InChI=1S/C16H21N3O3/c1-12-5-2-6-13(11-12)18-16(22)15(21)17-8-4-10-19-9-3-7-14(19)20/h2,5-6,11H,3-4,7-10H2,1H3,(H,17,21)(H,18,22). The van der Waals surface area contributed by atoms with Crippen LogP contribution in [0.1, 0.15) is 24.8 Å². The predicted molar refractivity (Wildman–Crippen MR) is 83.2 cm³/mol. The molecule has 0 saturated carbocycles. The lowest BCUT2D eigenvalue weighted by atomic mass is 10.2. The van der Waals surface area contributed by atoms with E-state index in [2.05, 4.69) is 10.6 Å². The molecule has 2 N–H and O–H groups in total. The van der Waals surface area contributed by atoms with E-state index in [1.165, 1.54) is 0 Å². The van der Waals surface area contributed by atoms with Gasteiger partial charge in [0.15, 0.2) is 0 Å². The smallest absolute Gasteiger partial charge is 0.313 e. The van der Waals surface area contributed by atoms with Gasteiger partial charge in [-0.15, -0.1) is 0 Å². The highest BCUT2D eigenvalue weighted by molar-refractivity contribution is 6.39. The normalized spacial score (nSPS) is 14.0. The molecule has 1 aliphatic rings. The fraction of sp³-hybridized carbons (Fsp3) is 0.438. The molecule has 6 heteroatoms. The SMILES string of the molecule is Cc1cccc(NC(=O)C(=O)NCCCN2CCCC2=O)c1. The van der Waals surface area contributed by atoms with E-state index in [1.54, 1.807) is 17.0 Å². The topological polar surface area (TPSA) is 78.5 Å². The number of benzene rings is 1. The van der Waals surface area contributed by atoms with E-state index in [-0.39, 0.29) is 5.91 Å². The molecule has 22 heavy (non-hydrogen) atoms. The molecule has 0 spiro atoms.